The molecule has 3 aliphatic heterocycles. The van der Waals surface area contributed by atoms with Gasteiger partial charge >= 0.3 is 0 Å². The van der Waals surface area contributed by atoms with Gasteiger partial charge in [-0.25, -0.2) is 24.0 Å². The monoisotopic (exact) mass is 1330 g/mol. The van der Waals surface area contributed by atoms with Crippen LogP contribution in [0, 0.1) is 22.9 Å². The van der Waals surface area contributed by atoms with E-state index in [1.807, 2.05) is 91.5 Å². The van der Waals surface area contributed by atoms with Gasteiger partial charge < -0.3 is 68.2 Å². The number of nitrogens with zero attached hydrogens (tertiary/aromatic N) is 14. The average molecular weight is 1340 g/mol. The van der Waals surface area contributed by atoms with Gasteiger partial charge in [-0.1, -0.05) is 47.5 Å². The lowest BCUT2D eigenvalue weighted by Crippen LogP contribution is -2.45. The number of carbonyl (C=O) groups excluding carboxylic acids is 4. The summed E-state index contributed by atoms with van der Waals surface area (Å²) in [5.41, 5.74) is 39.4. The first-order valence-corrected chi connectivity index (χ1v) is 31.0. The number of nitrogen functional groups attached to an aromatic ring is 3. The number of rotatable bonds is 18. The van der Waals surface area contributed by atoms with Crippen molar-refractivity contribution >= 4 is 64.3 Å². The van der Waals surface area contributed by atoms with Crippen molar-refractivity contribution in [1.82, 2.24) is 58.9 Å². The van der Waals surface area contributed by atoms with Crippen molar-refractivity contribution in [3.63, 3.8) is 0 Å². The molecule has 3 fully saturated rings. The van der Waals surface area contributed by atoms with Crippen molar-refractivity contribution in [2.24, 2.45) is 17.2 Å². The van der Waals surface area contributed by atoms with Crippen LogP contribution in [-0.4, -0.2) is 142 Å². The van der Waals surface area contributed by atoms with Crippen LogP contribution in [0.5, 0.6) is 34.8 Å². The second kappa shape index (κ2) is 30.0. The fourth-order valence-corrected chi connectivity index (χ4v) is 11.3. The summed E-state index contributed by atoms with van der Waals surface area (Å²) < 4.78 is 22.0. The number of halogens is 2. The van der Waals surface area contributed by atoms with Crippen molar-refractivity contribution in [3.8, 4) is 80.9 Å². The molecule has 4 amide bonds. The average Bonchev–Trinajstić information content (AvgIpc) is 1.63. The van der Waals surface area contributed by atoms with Gasteiger partial charge in [0.25, 0.3) is 17.7 Å². The van der Waals surface area contributed by atoms with Crippen LogP contribution in [0.1, 0.15) is 75.4 Å². The Morgan fingerprint density at radius 1 is 0.542 bits per heavy atom. The quantitative estimate of drug-likeness (QED) is 0.0345. The first-order valence-electron chi connectivity index (χ1n) is 30.2. The third kappa shape index (κ3) is 15.7. The van der Waals surface area contributed by atoms with Gasteiger partial charge in [0.05, 0.1) is 47.8 Å². The molecule has 0 aliphatic carbocycles. The molecule has 9 aromatic rings. The Kier molecular flexibility index (Phi) is 21.0. The van der Waals surface area contributed by atoms with E-state index in [1.165, 1.54) is 12.4 Å². The highest BCUT2D eigenvalue weighted by atomic mass is 35.5. The van der Waals surface area contributed by atoms with Gasteiger partial charge in [-0.05, 0) is 137 Å². The number of piperidine rings is 1. The maximum absolute atomic E-state index is 12.9. The van der Waals surface area contributed by atoms with Gasteiger partial charge in [0.1, 0.15) is 74.2 Å². The van der Waals surface area contributed by atoms with Gasteiger partial charge in [-0.15, -0.1) is 0 Å². The first-order chi connectivity index (χ1) is 46.2. The Morgan fingerprint density at radius 3 is 1.34 bits per heavy atom. The largest absolute Gasteiger partial charge is 0.457 e. The Hall–Kier alpha value is -11.7. The highest BCUT2D eigenvalue weighted by Gasteiger charge is 2.35. The molecule has 5 aromatic heterocycles. The molecule has 12 rings (SSSR count). The molecular formula is C67H68Cl2N20O7. The Labute approximate surface area is 562 Å². The van der Waals surface area contributed by atoms with E-state index in [0.29, 0.717) is 119 Å². The number of anilines is 3. The molecule has 8 heterocycles. The van der Waals surface area contributed by atoms with E-state index in [1.54, 1.807) is 103 Å². The number of primary amides is 3. The summed E-state index contributed by atoms with van der Waals surface area (Å²) in [5, 5.41) is 32.8. The Balaban J connectivity index is 0.000000158. The van der Waals surface area contributed by atoms with Crippen molar-refractivity contribution in [3.05, 3.63) is 179 Å². The lowest BCUT2D eigenvalue weighted by molar-refractivity contribution is -0.130. The molecule has 3 unspecified atom stereocenters. The zero-order valence-corrected chi connectivity index (χ0v) is 54.0. The fraction of sp³-hybridized carbons (Fsp3) is 0.239. The van der Waals surface area contributed by atoms with E-state index in [0.717, 1.165) is 18.6 Å². The molecule has 29 heteroatoms. The summed E-state index contributed by atoms with van der Waals surface area (Å²) in [5.74, 6) is 1.90. The molecule has 3 atom stereocenters. The summed E-state index contributed by atoms with van der Waals surface area (Å²) in [7, 11) is 3.90. The second-order valence-corrected chi connectivity index (χ2v) is 23.8. The summed E-state index contributed by atoms with van der Waals surface area (Å²) in [6.45, 7) is 5.25. The number of pyridine rings is 2. The number of nitriles is 2. The van der Waals surface area contributed by atoms with Gasteiger partial charge in [-0.2, -0.15) is 25.8 Å². The highest BCUT2D eigenvalue weighted by molar-refractivity contribution is 6.30. The molecule has 0 spiro atoms. The maximum Gasteiger partial charge on any atom is 0.254 e. The van der Waals surface area contributed by atoms with Crippen LogP contribution in [-0.2, 0) is 4.79 Å². The van der Waals surface area contributed by atoms with Crippen LogP contribution in [0.3, 0.4) is 0 Å². The summed E-state index contributed by atoms with van der Waals surface area (Å²) in [4.78, 5) is 64.6. The summed E-state index contributed by atoms with van der Waals surface area (Å²) in [6.07, 6.45) is 12.9. The minimum absolute atomic E-state index is 0.0471. The number of carbonyl (C=O) groups is 4. The molecule has 0 saturated carbocycles. The van der Waals surface area contributed by atoms with Crippen molar-refractivity contribution in [2.75, 3.05) is 70.6 Å². The number of hydrogen-bond donors (Lipinski definition) is 6. The molecular weight excluding hydrogens is 1270 g/mol. The normalized spacial score (nSPS) is 15.9. The van der Waals surface area contributed by atoms with E-state index >= 15 is 0 Å². The third-order valence-corrected chi connectivity index (χ3v) is 16.5. The number of amides is 4. The smallest absolute Gasteiger partial charge is 0.254 e. The predicted octanol–water partition coefficient (Wildman–Crippen LogP) is 8.90. The first kappa shape index (κ1) is 67.2. The molecule has 4 aromatic carbocycles. The number of likely N-dealkylation sites (N-methyl/N-ethyl adjacent to an activating group) is 1. The lowest BCUT2D eigenvalue weighted by atomic mass is 9.99. The van der Waals surface area contributed by atoms with Crippen molar-refractivity contribution in [2.45, 2.75) is 50.4 Å². The van der Waals surface area contributed by atoms with E-state index in [2.05, 4.69) is 32.6 Å². The fourth-order valence-electron chi connectivity index (χ4n) is 11.0. The standard InChI is InChI=1S/C28H34N6O3.C20H18ClN7O2.C19H16ClN7O2/c1-19-11-14-21(18-33(19)24(35)10-7-17-32(2)3)34-27(29)25(28(30)36)26(31-34)20-12-15-23(16-13-20)37-22-8-5-4-6-9-22;21-13-3-6-16(25-9-13)30-15-4-1-12(2-5-15)18-17(20(24)29)19(23)28(26-18)14-7-8-27(10-14)11-22;20-12-3-6-15(24-7-12)29-14-4-1-11(2-5-14)17-16(19(23)28)18(22)27(25-17)13-8-26(9-13)10-21/h4-10,12-13,15-16,19,21H,11,14,17-18,29H2,1-3H3,(H2,30,36);1-6,9,14H,7-8,10,23H2,(H2,24,29);1-7,13H,8-9,22H2,(H2,23,28)/b10-7+;;. The molecule has 492 valence electrons. The second-order valence-electron chi connectivity index (χ2n) is 23.0. The number of hydrogen-bond acceptors (Lipinski definition) is 20. The summed E-state index contributed by atoms with van der Waals surface area (Å²) in [6, 6.07) is 37.1. The van der Waals surface area contributed by atoms with Crippen LogP contribution >= 0.6 is 23.2 Å². The van der Waals surface area contributed by atoms with Crippen LogP contribution < -0.4 is 48.6 Å². The van der Waals surface area contributed by atoms with Crippen LogP contribution in [0.15, 0.2) is 152 Å². The lowest BCUT2D eigenvalue weighted by Gasteiger charge is -2.37. The Morgan fingerprint density at radius 2 is 0.948 bits per heavy atom. The number of ether oxygens (including phenoxy) is 3. The topological polar surface area (TPSA) is 392 Å². The molecule has 27 nitrogen and oxygen atoms in total. The zero-order chi connectivity index (χ0) is 68.3. The zero-order valence-electron chi connectivity index (χ0n) is 52.4. The van der Waals surface area contributed by atoms with Crippen LogP contribution in [0.4, 0.5) is 17.5 Å². The number of likely N-dealkylation sites (tertiary alicyclic amines) is 3. The van der Waals surface area contributed by atoms with Crippen LogP contribution in [0.2, 0.25) is 10.0 Å². The number of para-hydroxylation sites is 1. The van der Waals surface area contributed by atoms with Gasteiger partial charge in [0, 0.05) is 73.0 Å². The molecule has 3 saturated heterocycles. The molecule has 0 radical (unpaired) electrons. The predicted molar refractivity (Wildman–Crippen MR) is 361 cm³/mol. The van der Waals surface area contributed by atoms with E-state index in [9.17, 15) is 19.2 Å². The molecule has 12 N–H and O–H groups in total. The summed E-state index contributed by atoms with van der Waals surface area (Å²) >= 11 is 11.6. The highest BCUT2D eigenvalue weighted by Crippen LogP contribution is 2.38. The van der Waals surface area contributed by atoms with E-state index < -0.39 is 17.7 Å². The minimum Gasteiger partial charge on any atom is -0.457 e. The number of aromatic nitrogens is 8. The van der Waals surface area contributed by atoms with Gasteiger partial charge in [0.15, 0.2) is 12.4 Å². The third-order valence-electron chi connectivity index (χ3n) is 16.0. The van der Waals surface area contributed by atoms with E-state index in [4.69, 9.17) is 87.4 Å². The van der Waals surface area contributed by atoms with Gasteiger partial charge in [-0.3, -0.25) is 19.2 Å². The van der Waals surface area contributed by atoms with Gasteiger partial charge in [0.2, 0.25) is 17.7 Å². The molecule has 96 heavy (non-hydrogen) atoms. The number of nitrogens with two attached hydrogens (primary N) is 6. The van der Waals surface area contributed by atoms with Crippen molar-refractivity contribution < 1.29 is 33.4 Å². The van der Waals surface area contributed by atoms with Crippen LogP contribution in [0.25, 0.3) is 33.8 Å². The SMILES string of the molecule is CC1CCC(n2nc(-c3ccc(Oc4ccccc4)cc3)c(C(N)=O)c2N)CN1C(=O)/C=C/CN(C)C.N#CN1CC(n2nc(-c3ccc(Oc4ccc(Cl)cn4)cc3)c(C(N)=O)c2N)C1.N#CN1CCC(n2nc(-c3ccc(Oc4ccc(Cl)cn4)cc3)c(C(N)=O)c2N)C1. The van der Waals surface area contributed by atoms with Crippen molar-refractivity contribution in [1.29, 1.82) is 10.5 Å². The Bertz CT molecular complexity index is 4370. The van der Waals surface area contributed by atoms with E-state index in [-0.39, 0.29) is 64.2 Å². The molecule has 0 bridgehead atoms. The maximum atomic E-state index is 12.9. The molecule has 3 aliphatic rings. The minimum atomic E-state index is -0.661. The number of benzene rings is 4.